The normalized spacial score (nSPS) is 10.9. The molecule has 0 radical (unpaired) electrons. The third-order valence-corrected chi connectivity index (χ3v) is 3.59. The van der Waals surface area contributed by atoms with Crippen molar-refractivity contribution < 1.29 is 9.15 Å². The van der Waals surface area contributed by atoms with Crippen molar-refractivity contribution >= 4 is 15.9 Å². The van der Waals surface area contributed by atoms with Crippen molar-refractivity contribution in [3.8, 4) is 0 Å². The zero-order chi connectivity index (χ0) is 14.4. The van der Waals surface area contributed by atoms with Gasteiger partial charge in [0.1, 0.15) is 11.5 Å². The number of benzene rings is 1. The summed E-state index contributed by atoms with van der Waals surface area (Å²) in [6.45, 7) is 6.96. The molecule has 0 spiro atoms. The van der Waals surface area contributed by atoms with E-state index in [1.165, 1.54) is 5.56 Å². The number of aryl methyl sites for hydroxylation is 1. The van der Waals surface area contributed by atoms with Crippen molar-refractivity contribution in [1.82, 2.24) is 5.32 Å². The molecule has 1 heterocycles. The predicted molar refractivity (Wildman–Crippen MR) is 83.5 cm³/mol. The Kier molecular flexibility index (Phi) is 5.83. The van der Waals surface area contributed by atoms with Gasteiger partial charge in [0.25, 0.3) is 0 Å². The molecule has 0 fully saturated rings. The number of nitrogens with one attached hydrogen (secondary N) is 1. The summed E-state index contributed by atoms with van der Waals surface area (Å²) in [4.78, 5) is 0. The number of hydrogen-bond acceptors (Lipinski definition) is 3. The molecule has 0 aliphatic carbocycles. The van der Waals surface area contributed by atoms with Gasteiger partial charge in [-0.3, -0.25) is 0 Å². The van der Waals surface area contributed by atoms with Gasteiger partial charge in [0, 0.05) is 10.0 Å². The first-order valence-corrected chi connectivity index (χ1v) is 7.59. The van der Waals surface area contributed by atoms with Crippen LogP contribution in [0.1, 0.15) is 29.6 Å². The van der Waals surface area contributed by atoms with Crippen molar-refractivity contribution in [1.29, 1.82) is 0 Å². The second-order valence-electron chi connectivity index (χ2n) is 4.69. The van der Waals surface area contributed by atoms with Crippen LogP contribution in [0.5, 0.6) is 0 Å². The van der Waals surface area contributed by atoms with Crippen LogP contribution in [0.15, 0.2) is 39.2 Å². The van der Waals surface area contributed by atoms with Gasteiger partial charge in [-0.1, -0.05) is 35.0 Å². The third-order valence-electron chi connectivity index (χ3n) is 3.06. The molecule has 0 aliphatic rings. The van der Waals surface area contributed by atoms with Crippen LogP contribution < -0.4 is 5.32 Å². The van der Waals surface area contributed by atoms with Crippen LogP contribution in [0.25, 0.3) is 0 Å². The maximum absolute atomic E-state index is 5.75. The van der Waals surface area contributed by atoms with E-state index >= 15 is 0 Å². The molecule has 2 aromatic rings. The predicted octanol–water partition coefficient (Wildman–Crippen LogP) is 4.18. The van der Waals surface area contributed by atoms with Gasteiger partial charge >= 0.3 is 0 Å². The minimum Gasteiger partial charge on any atom is -0.465 e. The summed E-state index contributed by atoms with van der Waals surface area (Å²) in [6.07, 6.45) is 0. The SMILES string of the molecule is CCNCc1cc(COCc2ccc(Br)cc2)c(C)o1. The van der Waals surface area contributed by atoms with Crippen LogP contribution in [0, 0.1) is 6.92 Å². The summed E-state index contributed by atoms with van der Waals surface area (Å²) in [5.41, 5.74) is 2.29. The molecule has 2 rings (SSSR count). The number of hydrogen-bond donors (Lipinski definition) is 1. The van der Waals surface area contributed by atoms with E-state index in [1.54, 1.807) is 0 Å². The highest BCUT2D eigenvalue weighted by Crippen LogP contribution is 2.17. The van der Waals surface area contributed by atoms with E-state index in [0.717, 1.165) is 34.6 Å². The minimum atomic E-state index is 0.581. The fourth-order valence-corrected chi connectivity index (χ4v) is 2.19. The molecule has 1 N–H and O–H groups in total. The van der Waals surface area contributed by atoms with Crippen molar-refractivity contribution in [2.75, 3.05) is 6.54 Å². The summed E-state index contributed by atoms with van der Waals surface area (Å²) in [5, 5.41) is 3.25. The van der Waals surface area contributed by atoms with Gasteiger partial charge in [-0.05, 0) is 37.2 Å². The molecule has 1 aromatic carbocycles. The Labute approximate surface area is 128 Å². The summed E-state index contributed by atoms with van der Waals surface area (Å²) < 4.78 is 12.5. The molecule has 4 heteroatoms. The highest BCUT2D eigenvalue weighted by atomic mass is 79.9. The number of furan rings is 1. The summed E-state index contributed by atoms with van der Waals surface area (Å²) >= 11 is 3.42. The van der Waals surface area contributed by atoms with Gasteiger partial charge in [0.15, 0.2) is 0 Å². The molecule has 0 saturated heterocycles. The second-order valence-corrected chi connectivity index (χ2v) is 5.61. The topological polar surface area (TPSA) is 34.4 Å². The van der Waals surface area contributed by atoms with E-state index in [4.69, 9.17) is 9.15 Å². The Morgan fingerprint density at radius 3 is 2.65 bits per heavy atom. The van der Waals surface area contributed by atoms with Crippen LogP contribution in [0.4, 0.5) is 0 Å². The molecule has 0 aliphatic heterocycles. The molecular formula is C16H20BrNO2. The number of halogens is 1. The summed E-state index contributed by atoms with van der Waals surface area (Å²) in [7, 11) is 0. The molecule has 3 nitrogen and oxygen atoms in total. The van der Waals surface area contributed by atoms with E-state index in [9.17, 15) is 0 Å². The van der Waals surface area contributed by atoms with E-state index < -0.39 is 0 Å². The summed E-state index contributed by atoms with van der Waals surface area (Å²) in [5.74, 6) is 1.90. The quantitative estimate of drug-likeness (QED) is 0.823. The van der Waals surface area contributed by atoms with Crippen molar-refractivity contribution in [3.05, 3.63) is 57.5 Å². The zero-order valence-corrected chi connectivity index (χ0v) is 13.5. The second kappa shape index (κ2) is 7.62. The lowest BCUT2D eigenvalue weighted by atomic mass is 10.2. The van der Waals surface area contributed by atoms with Crippen LogP contribution in [-0.2, 0) is 24.5 Å². The zero-order valence-electron chi connectivity index (χ0n) is 11.9. The Balaban J connectivity index is 1.84. The van der Waals surface area contributed by atoms with Gasteiger partial charge in [0.2, 0.25) is 0 Å². The molecule has 0 saturated carbocycles. The molecular weight excluding hydrogens is 318 g/mol. The van der Waals surface area contributed by atoms with Crippen LogP contribution in [0.3, 0.4) is 0 Å². The van der Waals surface area contributed by atoms with Crippen LogP contribution in [0.2, 0.25) is 0 Å². The Morgan fingerprint density at radius 2 is 1.95 bits per heavy atom. The first-order valence-electron chi connectivity index (χ1n) is 6.80. The van der Waals surface area contributed by atoms with E-state index in [2.05, 4.69) is 46.4 Å². The molecule has 108 valence electrons. The van der Waals surface area contributed by atoms with E-state index in [1.807, 2.05) is 19.1 Å². The largest absolute Gasteiger partial charge is 0.465 e. The average Bonchev–Trinajstić information content (AvgIpc) is 2.79. The summed E-state index contributed by atoms with van der Waals surface area (Å²) in [6, 6.07) is 10.2. The number of ether oxygens (including phenoxy) is 1. The van der Waals surface area contributed by atoms with Crippen molar-refractivity contribution in [2.24, 2.45) is 0 Å². The maximum Gasteiger partial charge on any atom is 0.118 e. The van der Waals surface area contributed by atoms with Gasteiger partial charge < -0.3 is 14.5 Å². The van der Waals surface area contributed by atoms with Gasteiger partial charge in [-0.15, -0.1) is 0 Å². The highest BCUT2D eigenvalue weighted by Gasteiger charge is 2.07. The fourth-order valence-electron chi connectivity index (χ4n) is 1.93. The molecule has 1 aromatic heterocycles. The lowest BCUT2D eigenvalue weighted by Gasteiger charge is -2.03. The fraction of sp³-hybridized carbons (Fsp3) is 0.375. The first kappa shape index (κ1) is 15.3. The lowest BCUT2D eigenvalue weighted by Crippen LogP contribution is -2.10. The van der Waals surface area contributed by atoms with Crippen molar-refractivity contribution in [3.63, 3.8) is 0 Å². The average molecular weight is 338 g/mol. The first-order chi connectivity index (χ1) is 9.69. The third kappa shape index (κ3) is 4.47. The van der Waals surface area contributed by atoms with Gasteiger partial charge in [-0.25, -0.2) is 0 Å². The maximum atomic E-state index is 5.75. The van der Waals surface area contributed by atoms with E-state index in [-0.39, 0.29) is 0 Å². The Hall–Kier alpha value is -1.10. The lowest BCUT2D eigenvalue weighted by molar-refractivity contribution is 0.106. The smallest absolute Gasteiger partial charge is 0.118 e. The number of rotatable bonds is 7. The van der Waals surface area contributed by atoms with Crippen LogP contribution >= 0.6 is 15.9 Å². The minimum absolute atomic E-state index is 0.581. The van der Waals surface area contributed by atoms with Gasteiger partial charge in [-0.2, -0.15) is 0 Å². The van der Waals surface area contributed by atoms with Crippen molar-refractivity contribution in [2.45, 2.75) is 33.6 Å². The standard InChI is InChI=1S/C16H20BrNO2/c1-3-18-9-16-8-14(12(2)20-16)11-19-10-13-4-6-15(17)7-5-13/h4-8,18H,3,9-11H2,1-2H3. The Morgan fingerprint density at radius 1 is 1.20 bits per heavy atom. The Bertz CT molecular complexity index is 534. The van der Waals surface area contributed by atoms with Crippen LogP contribution in [-0.4, -0.2) is 6.54 Å². The van der Waals surface area contributed by atoms with E-state index in [0.29, 0.717) is 13.2 Å². The molecule has 20 heavy (non-hydrogen) atoms. The van der Waals surface area contributed by atoms with Gasteiger partial charge in [0.05, 0.1) is 19.8 Å². The highest BCUT2D eigenvalue weighted by molar-refractivity contribution is 9.10. The molecule has 0 atom stereocenters. The molecule has 0 unspecified atom stereocenters. The monoisotopic (exact) mass is 337 g/mol. The molecule has 0 bridgehead atoms. The molecule has 0 amide bonds.